The number of aryl methyl sites for hydroxylation is 1. The van der Waals surface area contributed by atoms with E-state index in [2.05, 4.69) is 39.1 Å². The van der Waals surface area contributed by atoms with Crippen LogP contribution in [0.25, 0.3) is 11.0 Å². The van der Waals surface area contributed by atoms with Crippen molar-refractivity contribution in [3.63, 3.8) is 0 Å². The molecule has 1 atom stereocenters. The number of piperazine rings is 1. The van der Waals surface area contributed by atoms with Crippen molar-refractivity contribution in [2.24, 2.45) is 5.73 Å². The molecule has 7 heteroatoms. The van der Waals surface area contributed by atoms with Crippen LogP contribution in [0.3, 0.4) is 0 Å². The summed E-state index contributed by atoms with van der Waals surface area (Å²) in [6, 6.07) is 19.5. The molecule has 2 aromatic carbocycles. The molecule has 0 unspecified atom stereocenters. The summed E-state index contributed by atoms with van der Waals surface area (Å²) in [5.74, 6) is 1.52. The number of carbonyl (C=O) groups is 1. The average Bonchev–Trinajstić information content (AvgIpc) is 3.27. The van der Waals surface area contributed by atoms with Crippen LogP contribution in [0.1, 0.15) is 16.7 Å². The van der Waals surface area contributed by atoms with Crippen LogP contribution in [0, 0.1) is 6.92 Å². The summed E-state index contributed by atoms with van der Waals surface area (Å²) in [7, 11) is 0. The van der Waals surface area contributed by atoms with Crippen molar-refractivity contribution in [3.05, 3.63) is 89.7 Å². The molecule has 0 bridgehead atoms. The van der Waals surface area contributed by atoms with Crippen molar-refractivity contribution in [3.8, 4) is 11.5 Å². The van der Waals surface area contributed by atoms with Crippen LogP contribution in [-0.4, -0.2) is 57.9 Å². The third-order valence-electron chi connectivity index (χ3n) is 6.59. The molecule has 3 heterocycles. The Balaban J connectivity index is 1.14. The number of nitrogens with zero attached hydrogens (tertiary/aromatic N) is 3. The third-order valence-corrected chi connectivity index (χ3v) is 6.59. The van der Waals surface area contributed by atoms with E-state index >= 15 is 0 Å². The van der Waals surface area contributed by atoms with Crippen molar-refractivity contribution in [2.45, 2.75) is 25.9 Å². The van der Waals surface area contributed by atoms with Gasteiger partial charge in [0.1, 0.15) is 17.1 Å². The summed E-state index contributed by atoms with van der Waals surface area (Å²) >= 11 is 0. The zero-order chi connectivity index (χ0) is 24.2. The van der Waals surface area contributed by atoms with Crippen LogP contribution in [-0.2, 0) is 17.8 Å². The van der Waals surface area contributed by atoms with E-state index in [-0.39, 0.29) is 5.91 Å². The van der Waals surface area contributed by atoms with Crippen LogP contribution < -0.4 is 10.5 Å². The van der Waals surface area contributed by atoms with Crippen LogP contribution in [0.5, 0.6) is 11.5 Å². The van der Waals surface area contributed by atoms with Crippen molar-refractivity contribution in [1.29, 1.82) is 0 Å². The number of benzene rings is 2. The van der Waals surface area contributed by atoms with Gasteiger partial charge in [-0.3, -0.25) is 9.69 Å². The molecule has 1 fully saturated rings. The number of hydrogen-bond donors (Lipinski definition) is 2. The van der Waals surface area contributed by atoms with E-state index in [1.54, 1.807) is 6.20 Å². The Morgan fingerprint density at radius 1 is 1.03 bits per heavy atom. The van der Waals surface area contributed by atoms with E-state index in [4.69, 9.17) is 10.5 Å². The predicted octanol–water partition coefficient (Wildman–Crippen LogP) is 3.88. The molecular weight excluding hydrogens is 438 g/mol. The smallest absolute Gasteiger partial charge is 0.239 e. The van der Waals surface area contributed by atoms with Gasteiger partial charge < -0.3 is 20.4 Å². The van der Waals surface area contributed by atoms with Gasteiger partial charge in [0.2, 0.25) is 5.91 Å². The van der Waals surface area contributed by atoms with Crippen molar-refractivity contribution in [1.82, 2.24) is 19.8 Å². The Morgan fingerprint density at radius 2 is 1.77 bits per heavy atom. The fourth-order valence-corrected chi connectivity index (χ4v) is 4.63. The fraction of sp³-hybridized carbons (Fsp3) is 0.286. The Morgan fingerprint density at radius 3 is 2.51 bits per heavy atom. The second-order valence-electron chi connectivity index (χ2n) is 9.15. The van der Waals surface area contributed by atoms with Crippen LogP contribution in [0.15, 0.2) is 73.1 Å². The van der Waals surface area contributed by atoms with Gasteiger partial charge in [0.25, 0.3) is 0 Å². The number of hydrogen-bond acceptors (Lipinski definition) is 5. The minimum absolute atomic E-state index is 0.0202. The van der Waals surface area contributed by atoms with Gasteiger partial charge >= 0.3 is 0 Å². The highest BCUT2D eigenvalue weighted by atomic mass is 16.5. The van der Waals surface area contributed by atoms with Crippen molar-refractivity contribution in [2.75, 3.05) is 26.2 Å². The second kappa shape index (κ2) is 10.3. The van der Waals surface area contributed by atoms with Gasteiger partial charge in [0.15, 0.2) is 0 Å². The molecule has 5 rings (SSSR count). The van der Waals surface area contributed by atoms with Crippen molar-refractivity contribution < 1.29 is 9.53 Å². The Hall–Kier alpha value is -3.68. The molecule has 1 aliphatic rings. The zero-order valence-electron chi connectivity index (χ0n) is 20.0. The number of rotatable bonds is 7. The predicted molar refractivity (Wildman–Crippen MR) is 137 cm³/mol. The molecular formula is C28H31N5O2. The number of ether oxygens (including phenoxy) is 1. The molecule has 180 valence electrons. The van der Waals surface area contributed by atoms with Gasteiger partial charge in [0.05, 0.1) is 11.4 Å². The van der Waals surface area contributed by atoms with E-state index in [0.29, 0.717) is 19.5 Å². The number of carbonyl (C=O) groups excluding carboxylic acids is 1. The molecule has 0 radical (unpaired) electrons. The van der Waals surface area contributed by atoms with Gasteiger partial charge in [-0.1, -0.05) is 42.5 Å². The van der Waals surface area contributed by atoms with Gasteiger partial charge in [-0.2, -0.15) is 0 Å². The molecule has 35 heavy (non-hydrogen) atoms. The number of aromatic amines is 1. The summed E-state index contributed by atoms with van der Waals surface area (Å²) in [6.07, 6.45) is 4.16. The topological polar surface area (TPSA) is 87.5 Å². The normalized spacial score (nSPS) is 15.3. The van der Waals surface area contributed by atoms with E-state index in [0.717, 1.165) is 53.3 Å². The summed E-state index contributed by atoms with van der Waals surface area (Å²) in [5, 5.41) is 0.980. The average molecular weight is 470 g/mol. The van der Waals surface area contributed by atoms with E-state index < -0.39 is 6.04 Å². The molecule has 1 aliphatic heterocycles. The van der Waals surface area contributed by atoms with Gasteiger partial charge in [-0.15, -0.1) is 0 Å². The van der Waals surface area contributed by atoms with Gasteiger partial charge in [0, 0.05) is 45.1 Å². The second-order valence-corrected chi connectivity index (χ2v) is 9.15. The molecule has 3 N–H and O–H groups in total. The monoisotopic (exact) mass is 469 g/mol. The third kappa shape index (κ3) is 5.37. The number of fused-ring (bicyclic) bond motifs is 1. The molecule has 0 spiro atoms. The molecule has 0 saturated carbocycles. The summed E-state index contributed by atoms with van der Waals surface area (Å²) in [6.45, 7) is 6.09. The first kappa shape index (κ1) is 23.1. The quantitative estimate of drug-likeness (QED) is 0.429. The van der Waals surface area contributed by atoms with Gasteiger partial charge in [-0.05, 0) is 48.2 Å². The van der Waals surface area contributed by atoms with Crippen molar-refractivity contribution >= 4 is 16.9 Å². The Labute approximate surface area is 205 Å². The summed E-state index contributed by atoms with van der Waals surface area (Å²) < 4.78 is 6.11. The lowest BCUT2D eigenvalue weighted by Crippen LogP contribution is -2.53. The highest BCUT2D eigenvalue weighted by molar-refractivity contribution is 5.86. The minimum Gasteiger partial charge on any atom is -0.457 e. The Bertz CT molecular complexity index is 1280. The first-order chi connectivity index (χ1) is 17.1. The lowest BCUT2D eigenvalue weighted by molar-refractivity contribution is -0.134. The van der Waals surface area contributed by atoms with E-state index in [9.17, 15) is 4.79 Å². The largest absolute Gasteiger partial charge is 0.457 e. The maximum atomic E-state index is 13.0. The summed E-state index contributed by atoms with van der Waals surface area (Å²) in [5.41, 5.74) is 10.5. The summed E-state index contributed by atoms with van der Waals surface area (Å²) in [4.78, 5) is 24.7. The highest BCUT2D eigenvalue weighted by Crippen LogP contribution is 2.31. The van der Waals surface area contributed by atoms with E-state index in [1.807, 2.05) is 54.4 Å². The van der Waals surface area contributed by atoms with Crippen LogP contribution >= 0.6 is 0 Å². The van der Waals surface area contributed by atoms with Crippen LogP contribution in [0.4, 0.5) is 0 Å². The lowest BCUT2D eigenvalue weighted by Gasteiger charge is -2.36. The molecule has 7 nitrogen and oxygen atoms in total. The number of aromatic nitrogens is 2. The van der Waals surface area contributed by atoms with Crippen LogP contribution in [0.2, 0.25) is 0 Å². The zero-order valence-corrected chi connectivity index (χ0v) is 20.0. The fourth-order valence-electron chi connectivity index (χ4n) is 4.63. The number of amides is 1. The maximum absolute atomic E-state index is 13.0. The van der Waals surface area contributed by atoms with E-state index in [1.165, 1.54) is 5.56 Å². The number of H-pyrrole nitrogens is 1. The number of nitrogens with one attached hydrogen (secondary N) is 1. The highest BCUT2D eigenvalue weighted by Gasteiger charge is 2.25. The minimum atomic E-state index is -0.551. The first-order valence-electron chi connectivity index (χ1n) is 12.1. The molecule has 4 aromatic rings. The standard InChI is InChI=1S/C28H31N5O2/c1-20-18-31-27-26(20)25(11-12-30-27)35-23-9-7-21(8-10-23)17-24(29)28(34)33-15-13-32(14-16-33)19-22-5-3-2-4-6-22/h2-12,18,24H,13-17,19,29H2,1H3,(H,30,31)/t24-/m0/s1. The Kier molecular flexibility index (Phi) is 6.79. The maximum Gasteiger partial charge on any atom is 0.239 e. The molecule has 0 aliphatic carbocycles. The first-order valence-corrected chi connectivity index (χ1v) is 12.1. The van der Waals surface area contributed by atoms with Gasteiger partial charge in [-0.25, -0.2) is 4.98 Å². The molecule has 2 aromatic heterocycles. The number of nitrogens with two attached hydrogens (primary N) is 1. The lowest BCUT2D eigenvalue weighted by atomic mass is 10.0. The molecule has 1 saturated heterocycles. The molecule has 1 amide bonds. The SMILES string of the molecule is Cc1c[nH]c2nccc(Oc3ccc(C[C@H](N)C(=O)N4CCN(Cc5ccccc5)CC4)cc3)c12. The number of pyridine rings is 1.